The molecule has 2 heterocycles. The third kappa shape index (κ3) is 3.44. The molecule has 1 aromatic heterocycles. The fourth-order valence-electron chi connectivity index (χ4n) is 2.53. The number of carbonyl (C=O) groups excluding carboxylic acids is 1. The lowest BCUT2D eigenvalue weighted by atomic mass is 9.92. The van der Waals surface area contributed by atoms with Crippen LogP contribution in [0.4, 0.5) is 10.6 Å². The van der Waals surface area contributed by atoms with E-state index in [1.165, 1.54) is 5.56 Å². The molecule has 1 fully saturated rings. The number of benzene rings is 1. The second kappa shape index (κ2) is 5.89. The van der Waals surface area contributed by atoms with Crippen LogP contribution in [0.25, 0.3) is 0 Å². The van der Waals surface area contributed by atoms with Crippen molar-refractivity contribution in [2.45, 2.75) is 6.42 Å². The molecule has 1 aliphatic heterocycles. The number of aryl methyl sites for hydroxylation is 1. The summed E-state index contributed by atoms with van der Waals surface area (Å²) in [5.41, 5.74) is 1.30. The first-order valence-corrected chi connectivity index (χ1v) is 7.69. The van der Waals surface area contributed by atoms with Gasteiger partial charge in [-0.3, -0.25) is 10.00 Å². The lowest BCUT2D eigenvalue weighted by molar-refractivity contribution is 0.131. The molecular weight excluding hydrogens is 332 g/mol. The lowest BCUT2D eigenvalue weighted by Gasteiger charge is -2.39. The predicted molar refractivity (Wildman–Crippen MR) is 85.1 cm³/mol. The van der Waals surface area contributed by atoms with Crippen molar-refractivity contribution in [1.29, 1.82) is 0 Å². The number of anilines is 1. The summed E-state index contributed by atoms with van der Waals surface area (Å²) in [5.74, 6) is 1.13. The van der Waals surface area contributed by atoms with E-state index in [9.17, 15) is 4.79 Å². The molecule has 2 aromatic rings. The average Bonchev–Trinajstić information content (AvgIpc) is 2.78. The summed E-state index contributed by atoms with van der Waals surface area (Å²) in [5, 5.41) is 6.95. The van der Waals surface area contributed by atoms with Crippen LogP contribution in [0.5, 0.6) is 0 Å². The molecule has 1 saturated heterocycles. The number of hydrogen-bond acceptors (Lipinski definition) is 2. The van der Waals surface area contributed by atoms with E-state index in [0.29, 0.717) is 11.7 Å². The van der Waals surface area contributed by atoms with Crippen LogP contribution in [-0.2, 0) is 13.5 Å². The first-order valence-electron chi connectivity index (χ1n) is 6.90. The Labute approximate surface area is 132 Å². The Balaban J connectivity index is 1.48. The number of likely N-dealkylation sites (tertiary alicyclic amines) is 1. The van der Waals surface area contributed by atoms with E-state index in [0.717, 1.165) is 24.0 Å². The van der Waals surface area contributed by atoms with Gasteiger partial charge < -0.3 is 4.90 Å². The number of nitrogens with zero attached hydrogens (tertiary/aromatic N) is 3. The fraction of sp³-hybridized carbons (Fsp3) is 0.333. The molecule has 0 unspecified atom stereocenters. The van der Waals surface area contributed by atoms with Crippen molar-refractivity contribution in [3.63, 3.8) is 0 Å². The van der Waals surface area contributed by atoms with Gasteiger partial charge in [0.25, 0.3) is 0 Å². The maximum absolute atomic E-state index is 12.0. The van der Waals surface area contributed by atoms with Gasteiger partial charge in [-0.1, -0.05) is 28.1 Å². The molecule has 0 atom stereocenters. The van der Waals surface area contributed by atoms with E-state index in [1.54, 1.807) is 10.7 Å². The number of amides is 2. The van der Waals surface area contributed by atoms with Crippen LogP contribution >= 0.6 is 15.9 Å². The molecule has 0 aliphatic carbocycles. The second-order valence-corrected chi connectivity index (χ2v) is 6.33. The van der Waals surface area contributed by atoms with Crippen LogP contribution in [0.2, 0.25) is 0 Å². The molecule has 0 spiro atoms. The Hall–Kier alpha value is -1.82. The molecule has 0 saturated carbocycles. The van der Waals surface area contributed by atoms with Gasteiger partial charge in [0.2, 0.25) is 0 Å². The molecule has 5 nitrogen and oxygen atoms in total. The summed E-state index contributed by atoms with van der Waals surface area (Å²) in [4.78, 5) is 13.8. The van der Waals surface area contributed by atoms with E-state index in [2.05, 4.69) is 38.5 Å². The van der Waals surface area contributed by atoms with Crippen molar-refractivity contribution in [2.24, 2.45) is 13.0 Å². The van der Waals surface area contributed by atoms with Gasteiger partial charge >= 0.3 is 6.03 Å². The van der Waals surface area contributed by atoms with Crippen LogP contribution in [0.1, 0.15) is 5.56 Å². The highest BCUT2D eigenvalue weighted by molar-refractivity contribution is 9.10. The van der Waals surface area contributed by atoms with E-state index < -0.39 is 0 Å². The topological polar surface area (TPSA) is 50.2 Å². The highest BCUT2D eigenvalue weighted by Gasteiger charge is 2.30. The molecule has 1 aliphatic rings. The maximum Gasteiger partial charge on any atom is 0.323 e. The number of urea groups is 1. The Kier molecular flexibility index (Phi) is 3.96. The summed E-state index contributed by atoms with van der Waals surface area (Å²) in [6.07, 6.45) is 2.81. The Bertz CT molecular complexity index is 649. The average molecular weight is 349 g/mol. The van der Waals surface area contributed by atoms with E-state index in [4.69, 9.17) is 0 Å². The zero-order valence-electron chi connectivity index (χ0n) is 11.8. The SMILES string of the molecule is Cn1ccc(NC(=O)N2CC(Cc3cccc(Br)c3)C2)n1. The minimum atomic E-state index is -0.0702. The zero-order valence-corrected chi connectivity index (χ0v) is 13.4. The van der Waals surface area contributed by atoms with Crippen molar-refractivity contribution < 1.29 is 4.79 Å². The molecule has 1 aromatic carbocycles. The van der Waals surface area contributed by atoms with Crippen molar-refractivity contribution in [2.75, 3.05) is 18.4 Å². The summed E-state index contributed by atoms with van der Waals surface area (Å²) in [6.45, 7) is 1.59. The number of rotatable bonds is 3. The standard InChI is InChI=1S/C15H17BrN4O/c1-19-6-5-14(18-19)17-15(21)20-9-12(10-20)7-11-3-2-4-13(16)8-11/h2-6,8,12H,7,9-10H2,1H3,(H,17,18,21). The smallest absolute Gasteiger partial charge is 0.323 e. The van der Waals surface area contributed by atoms with E-state index in [-0.39, 0.29) is 6.03 Å². The molecule has 21 heavy (non-hydrogen) atoms. The number of carbonyl (C=O) groups is 1. The Morgan fingerprint density at radius 1 is 1.43 bits per heavy atom. The first kappa shape index (κ1) is 14.1. The second-order valence-electron chi connectivity index (χ2n) is 5.41. The van der Waals surface area contributed by atoms with Gasteiger partial charge in [-0.2, -0.15) is 5.10 Å². The molecule has 0 bridgehead atoms. The summed E-state index contributed by atoms with van der Waals surface area (Å²) in [6, 6.07) is 10.1. The highest BCUT2D eigenvalue weighted by atomic mass is 79.9. The maximum atomic E-state index is 12.0. The van der Waals surface area contributed by atoms with Crippen molar-refractivity contribution in [3.8, 4) is 0 Å². The molecular formula is C15H17BrN4O. The number of hydrogen-bond donors (Lipinski definition) is 1. The van der Waals surface area contributed by atoms with Crippen LogP contribution < -0.4 is 5.32 Å². The number of halogens is 1. The van der Waals surface area contributed by atoms with Gasteiger partial charge in [0, 0.05) is 36.9 Å². The largest absolute Gasteiger partial charge is 0.324 e. The zero-order chi connectivity index (χ0) is 14.8. The predicted octanol–water partition coefficient (Wildman–Crippen LogP) is 2.89. The van der Waals surface area contributed by atoms with Gasteiger partial charge in [-0.15, -0.1) is 0 Å². The van der Waals surface area contributed by atoms with Gasteiger partial charge in [0.1, 0.15) is 0 Å². The number of nitrogens with one attached hydrogen (secondary N) is 1. The Morgan fingerprint density at radius 2 is 2.24 bits per heavy atom. The summed E-state index contributed by atoms with van der Waals surface area (Å²) in [7, 11) is 1.83. The van der Waals surface area contributed by atoms with Crippen molar-refractivity contribution in [3.05, 3.63) is 46.6 Å². The van der Waals surface area contributed by atoms with Crippen molar-refractivity contribution in [1.82, 2.24) is 14.7 Å². The minimum Gasteiger partial charge on any atom is -0.324 e. The first-order chi connectivity index (χ1) is 10.1. The van der Waals surface area contributed by atoms with Crippen LogP contribution in [0.15, 0.2) is 41.0 Å². The van der Waals surface area contributed by atoms with Gasteiger partial charge in [-0.05, 0) is 30.0 Å². The Morgan fingerprint density at radius 3 is 2.90 bits per heavy atom. The molecule has 0 radical (unpaired) electrons. The van der Waals surface area contributed by atoms with E-state index in [1.807, 2.05) is 30.3 Å². The van der Waals surface area contributed by atoms with E-state index >= 15 is 0 Å². The molecule has 3 rings (SSSR count). The van der Waals surface area contributed by atoms with Crippen LogP contribution in [0.3, 0.4) is 0 Å². The van der Waals surface area contributed by atoms with Crippen LogP contribution in [-0.4, -0.2) is 33.8 Å². The van der Waals surface area contributed by atoms with Crippen LogP contribution in [0, 0.1) is 5.92 Å². The molecule has 2 amide bonds. The quantitative estimate of drug-likeness (QED) is 0.926. The third-order valence-electron chi connectivity index (χ3n) is 3.61. The molecule has 1 N–H and O–H groups in total. The number of aromatic nitrogens is 2. The fourth-order valence-corrected chi connectivity index (χ4v) is 2.98. The molecule has 110 valence electrons. The third-order valence-corrected chi connectivity index (χ3v) is 4.10. The van der Waals surface area contributed by atoms with Gasteiger partial charge in [0.05, 0.1) is 0 Å². The minimum absolute atomic E-state index is 0.0702. The van der Waals surface area contributed by atoms with Gasteiger partial charge in [0.15, 0.2) is 5.82 Å². The van der Waals surface area contributed by atoms with Gasteiger partial charge in [-0.25, -0.2) is 4.79 Å². The normalized spacial score (nSPS) is 14.9. The summed E-state index contributed by atoms with van der Waals surface area (Å²) < 4.78 is 2.77. The monoisotopic (exact) mass is 348 g/mol. The lowest BCUT2D eigenvalue weighted by Crippen LogP contribution is -2.52. The molecule has 6 heteroatoms. The highest BCUT2D eigenvalue weighted by Crippen LogP contribution is 2.22. The summed E-state index contributed by atoms with van der Waals surface area (Å²) >= 11 is 3.48. The van der Waals surface area contributed by atoms with Crippen molar-refractivity contribution >= 4 is 27.8 Å².